The summed E-state index contributed by atoms with van der Waals surface area (Å²) in [6, 6.07) is 4.46. The van der Waals surface area contributed by atoms with Crippen molar-refractivity contribution in [3.8, 4) is 11.5 Å². The standard InChI is InChI=1S/C11H13F3O2/c1-7(2)8-5-4-6-9(10(8)15-3)16-11(12,13)14/h4-7H,1-3H3. The van der Waals surface area contributed by atoms with Crippen molar-refractivity contribution in [3.05, 3.63) is 23.8 Å². The molecule has 90 valence electrons. The maximum atomic E-state index is 12.1. The lowest BCUT2D eigenvalue weighted by Crippen LogP contribution is -2.18. The van der Waals surface area contributed by atoms with Crippen LogP contribution in [0, 0.1) is 0 Å². The van der Waals surface area contributed by atoms with Crippen molar-refractivity contribution in [2.75, 3.05) is 7.11 Å². The van der Waals surface area contributed by atoms with E-state index in [1.54, 1.807) is 6.07 Å². The van der Waals surface area contributed by atoms with E-state index in [9.17, 15) is 13.2 Å². The summed E-state index contributed by atoms with van der Waals surface area (Å²) in [5.74, 6) is -0.109. The Kier molecular flexibility index (Phi) is 3.67. The van der Waals surface area contributed by atoms with Crippen LogP contribution in [0.15, 0.2) is 18.2 Å². The van der Waals surface area contributed by atoms with Crippen molar-refractivity contribution >= 4 is 0 Å². The van der Waals surface area contributed by atoms with Gasteiger partial charge in [-0.15, -0.1) is 13.2 Å². The van der Waals surface area contributed by atoms with E-state index in [1.165, 1.54) is 19.2 Å². The van der Waals surface area contributed by atoms with E-state index in [2.05, 4.69) is 4.74 Å². The minimum atomic E-state index is -4.71. The maximum Gasteiger partial charge on any atom is 0.573 e. The highest BCUT2D eigenvalue weighted by molar-refractivity contribution is 5.48. The molecule has 1 rings (SSSR count). The molecule has 0 radical (unpaired) electrons. The zero-order valence-electron chi connectivity index (χ0n) is 9.26. The number of halogens is 3. The minimum absolute atomic E-state index is 0.0618. The molecule has 0 bridgehead atoms. The van der Waals surface area contributed by atoms with Crippen LogP contribution in [0.25, 0.3) is 0 Å². The van der Waals surface area contributed by atoms with Crippen molar-refractivity contribution < 1.29 is 22.6 Å². The third-order valence-electron chi connectivity index (χ3n) is 2.06. The molecule has 5 heteroatoms. The van der Waals surface area contributed by atoms with Crippen molar-refractivity contribution in [1.29, 1.82) is 0 Å². The van der Waals surface area contributed by atoms with E-state index in [1.807, 2.05) is 13.8 Å². The van der Waals surface area contributed by atoms with Crippen LogP contribution in [0.5, 0.6) is 11.5 Å². The Hall–Kier alpha value is -1.39. The number of ether oxygens (including phenoxy) is 2. The molecule has 1 aromatic rings. The lowest BCUT2D eigenvalue weighted by atomic mass is 10.0. The van der Waals surface area contributed by atoms with Crippen LogP contribution < -0.4 is 9.47 Å². The van der Waals surface area contributed by atoms with Gasteiger partial charge in [-0.3, -0.25) is 0 Å². The topological polar surface area (TPSA) is 18.5 Å². The number of hydrogen-bond acceptors (Lipinski definition) is 2. The molecule has 0 saturated heterocycles. The van der Waals surface area contributed by atoms with Gasteiger partial charge in [-0.05, 0) is 12.0 Å². The second-order valence-corrected chi connectivity index (χ2v) is 3.58. The van der Waals surface area contributed by atoms with Gasteiger partial charge in [0.25, 0.3) is 0 Å². The van der Waals surface area contributed by atoms with Crippen molar-refractivity contribution in [3.63, 3.8) is 0 Å². The Morgan fingerprint density at radius 1 is 1.19 bits per heavy atom. The van der Waals surface area contributed by atoms with Crippen LogP contribution in [0.3, 0.4) is 0 Å². The van der Waals surface area contributed by atoms with Gasteiger partial charge in [0.1, 0.15) is 0 Å². The fourth-order valence-electron chi connectivity index (χ4n) is 1.41. The van der Waals surface area contributed by atoms with Gasteiger partial charge in [-0.25, -0.2) is 0 Å². The number of para-hydroxylation sites is 1. The van der Waals surface area contributed by atoms with Crippen molar-refractivity contribution in [2.24, 2.45) is 0 Å². The second-order valence-electron chi connectivity index (χ2n) is 3.58. The van der Waals surface area contributed by atoms with Gasteiger partial charge in [0, 0.05) is 5.56 Å². The first-order valence-electron chi connectivity index (χ1n) is 4.77. The highest BCUT2D eigenvalue weighted by atomic mass is 19.4. The average molecular weight is 234 g/mol. The number of hydrogen-bond donors (Lipinski definition) is 0. The summed E-state index contributed by atoms with van der Waals surface area (Å²) in [5.41, 5.74) is 0.684. The van der Waals surface area contributed by atoms with E-state index >= 15 is 0 Å². The molecular formula is C11H13F3O2. The summed E-state index contributed by atoms with van der Waals surface area (Å²) < 4.78 is 45.2. The Morgan fingerprint density at radius 3 is 2.25 bits per heavy atom. The van der Waals surface area contributed by atoms with Gasteiger partial charge < -0.3 is 9.47 Å². The first-order valence-corrected chi connectivity index (χ1v) is 4.77. The molecule has 0 heterocycles. The van der Waals surface area contributed by atoms with Gasteiger partial charge in [0.2, 0.25) is 0 Å². The molecule has 0 aliphatic carbocycles. The fraction of sp³-hybridized carbons (Fsp3) is 0.455. The van der Waals surface area contributed by atoms with Crippen molar-refractivity contribution in [2.45, 2.75) is 26.1 Å². The molecule has 0 aliphatic heterocycles. The smallest absolute Gasteiger partial charge is 0.493 e. The normalized spacial score (nSPS) is 11.7. The zero-order chi connectivity index (χ0) is 12.3. The quantitative estimate of drug-likeness (QED) is 0.793. The third kappa shape index (κ3) is 3.05. The molecule has 0 amide bonds. The molecule has 0 spiro atoms. The second kappa shape index (κ2) is 4.63. The van der Waals surface area contributed by atoms with Crippen LogP contribution in [0.2, 0.25) is 0 Å². The number of alkyl halides is 3. The molecule has 0 saturated carbocycles. The molecule has 1 aromatic carbocycles. The van der Waals surface area contributed by atoms with E-state index in [0.29, 0.717) is 5.56 Å². The molecule has 0 aliphatic rings. The Labute approximate surface area is 92.0 Å². The highest BCUT2D eigenvalue weighted by Gasteiger charge is 2.33. The van der Waals surface area contributed by atoms with Crippen LogP contribution >= 0.6 is 0 Å². The predicted octanol–water partition coefficient (Wildman–Crippen LogP) is 3.72. The molecule has 0 N–H and O–H groups in total. The van der Waals surface area contributed by atoms with E-state index in [4.69, 9.17) is 4.74 Å². The molecule has 0 fully saturated rings. The molecule has 0 atom stereocenters. The average Bonchev–Trinajstić information content (AvgIpc) is 2.14. The third-order valence-corrected chi connectivity index (χ3v) is 2.06. The largest absolute Gasteiger partial charge is 0.573 e. The first-order chi connectivity index (χ1) is 7.35. The number of methoxy groups -OCH3 is 1. The number of benzene rings is 1. The minimum Gasteiger partial charge on any atom is -0.493 e. The summed E-state index contributed by atoms with van der Waals surface area (Å²) >= 11 is 0. The van der Waals surface area contributed by atoms with Gasteiger partial charge in [-0.1, -0.05) is 26.0 Å². The molecule has 0 unspecified atom stereocenters. The SMILES string of the molecule is COc1c(OC(F)(F)F)cccc1C(C)C. The van der Waals surface area contributed by atoms with Crippen molar-refractivity contribution in [1.82, 2.24) is 0 Å². The lowest BCUT2D eigenvalue weighted by Gasteiger charge is -2.17. The predicted molar refractivity (Wildman–Crippen MR) is 53.8 cm³/mol. The Bertz CT molecular complexity index is 359. The lowest BCUT2D eigenvalue weighted by molar-refractivity contribution is -0.275. The van der Waals surface area contributed by atoms with E-state index in [0.717, 1.165) is 0 Å². The Morgan fingerprint density at radius 2 is 1.81 bits per heavy atom. The summed E-state index contributed by atoms with van der Waals surface area (Å²) in [5, 5.41) is 0. The van der Waals surface area contributed by atoms with E-state index in [-0.39, 0.29) is 17.4 Å². The van der Waals surface area contributed by atoms with Gasteiger partial charge in [-0.2, -0.15) is 0 Å². The van der Waals surface area contributed by atoms with E-state index < -0.39 is 6.36 Å². The summed E-state index contributed by atoms with van der Waals surface area (Å²) in [4.78, 5) is 0. The maximum absolute atomic E-state index is 12.1. The monoisotopic (exact) mass is 234 g/mol. The molecule has 0 aromatic heterocycles. The van der Waals surface area contributed by atoms with Crippen LogP contribution in [-0.4, -0.2) is 13.5 Å². The molecule has 2 nitrogen and oxygen atoms in total. The number of rotatable bonds is 3. The fourth-order valence-corrected chi connectivity index (χ4v) is 1.41. The van der Waals surface area contributed by atoms with Crippen LogP contribution in [0.4, 0.5) is 13.2 Å². The summed E-state index contributed by atoms with van der Waals surface area (Å²) in [6.07, 6.45) is -4.71. The van der Waals surface area contributed by atoms with Gasteiger partial charge >= 0.3 is 6.36 Å². The van der Waals surface area contributed by atoms with Gasteiger partial charge in [0.15, 0.2) is 11.5 Å². The Balaban J connectivity index is 3.14. The van der Waals surface area contributed by atoms with Gasteiger partial charge in [0.05, 0.1) is 7.11 Å². The van der Waals surface area contributed by atoms with Crippen LogP contribution in [0.1, 0.15) is 25.3 Å². The highest BCUT2D eigenvalue weighted by Crippen LogP contribution is 2.37. The first kappa shape index (κ1) is 12.7. The zero-order valence-corrected chi connectivity index (χ0v) is 9.26. The molecule has 16 heavy (non-hydrogen) atoms. The molecular weight excluding hydrogens is 221 g/mol. The van der Waals surface area contributed by atoms with Crippen LogP contribution in [-0.2, 0) is 0 Å². The summed E-state index contributed by atoms with van der Waals surface area (Å²) in [6.45, 7) is 3.74. The summed E-state index contributed by atoms with van der Waals surface area (Å²) in [7, 11) is 1.32.